The van der Waals surface area contributed by atoms with Gasteiger partial charge < -0.3 is 10.4 Å². The van der Waals surface area contributed by atoms with Gasteiger partial charge >= 0.3 is 5.97 Å². The second kappa shape index (κ2) is 6.11. The van der Waals surface area contributed by atoms with Crippen molar-refractivity contribution in [1.29, 1.82) is 0 Å². The molecule has 0 saturated heterocycles. The number of carboxylic acids is 1. The molecule has 0 spiro atoms. The van der Waals surface area contributed by atoms with Crippen molar-refractivity contribution in [2.75, 3.05) is 5.32 Å². The molecule has 0 unspecified atom stereocenters. The van der Waals surface area contributed by atoms with E-state index < -0.39 is 17.7 Å². The predicted octanol–water partition coefficient (Wildman–Crippen LogP) is 4.08. The zero-order chi connectivity index (χ0) is 15.6. The molecule has 0 bridgehead atoms. The lowest BCUT2D eigenvalue weighted by molar-refractivity contribution is 0.0698. The van der Waals surface area contributed by atoms with Crippen molar-refractivity contribution in [3.05, 3.63) is 63.4 Å². The maximum atomic E-state index is 12.9. The topological polar surface area (TPSA) is 66.4 Å². The van der Waals surface area contributed by atoms with E-state index in [1.54, 1.807) is 0 Å². The molecule has 4 nitrogen and oxygen atoms in total. The monoisotopic (exact) mass is 327 g/mol. The molecule has 0 radical (unpaired) electrons. The van der Waals surface area contributed by atoms with Gasteiger partial charge in [-0.05, 0) is 30.3 Å². The van der Waals surface area contributed by atoms with Crippen LogP contribution in [-0.2, 0) is 0 Å². The van der Waals surface area contributed by atoms with Crippen molar-refractivity contribution in [1.82, 2.24) is 0 Å². The van der Waals surface area contributed by atoms with Crippen molar-refractivity contribution in [3.63, 3.8) is 0 Å². The van der Waals surface area contributed by atoms with Gasteiger partial charge in [0, 0.05) is 0 Å². The highest BCUT2D eigenvalue weighted by molar-refractivity contribution is 6.35. The molecule has 7 heteroatoms. The Morgan fingerprint density at radius 3 is 2.43 bits per heavy atom. The molecule has 2 N–H and O–H groups in total. The molecule has 2 aromatic rings. The van der Waals surface area contributed by atoms with Gasteiger partial charge in [0.2, 0.25) is 0 Å². The van der Waals surface area contributed by atoms with Crippen LogP contribution in [0.3, 0.4) is 0 Å². The number of anilines is 1. The molecular weight excluding hydrogens is 320 g/mol. The first-order chi connectivity index (χ1) is 9.90. The third kappa shape index (κ3) is 3.32. The van der Waals surface area contributed by atoms with Crippen molar-refractivity contribution in [2.24, 2.45) is 0 Å². The van der Waals surface area contributed by atoms with Crippen LogP contribution >= 0.6 is 23.2 Å². The highest BCUT2D eigenvalue weighted by atomic mass is 35.5. The quantitative estimate of drug-likeness (QED) is 0.892. The summed E-state index contributed by atoms with van der Waals surface area (Å²) >= 11 is 11.6. The first-order valence-electron chi connectivity index (χ1n) is 5.68. The lowest BCUT2D eigenvalue weighted by Crippen LogP contribution is -2.15. The second-order valence-corrected chi connectivity index (χ2v) is 4.86. The van der Waals surface area contributed by atoms with E-state index in [2.05, 4.69) is 5.32 Å². The van der Waals surface area contributed by atoms with Crippen LogP contribution < -0.4 is 5.32 Å². The smallest absolute Gasteiger partial charge is 0.339 e. The molecule has 0 atom stereocenters. The van der Waals surface area contributed by atoms with E-state index in [1.807, 2.05) is 0 Å². The summed E-state index contributed by atoms with van der Waals surface area (Å²) in [5.74, 6) is -2.52. The van der Waals surface area contributed by atoms with Gasteiger partial charge in [-0.1, -0.05) is 29.3 Å². The first kappa shape index (κ1) is 15.3. The van der Waals surface area contributed by atoms with Crippen molar-refractivity contribution < 1.29 is 19.1 Å². The summed E-state index contributed by atoms with van der Waals surface area (Å²) < 4.78 is 12.9. The number of carbonyl (C=O) groups is 2. The minimum absolute atomic E-state index is 0.00879. The number of amides is 1. The Morgan fingerprint density at radius 2 is 1.81 bits per heavy atom. The third-order valence-corrected chi connectivity index (χ3v) is 3.28. The van der Waals surface area contributed by atoms with Crippen LogP contribution in [0, 0.1) is 5.82 Å². The summed E-state index contributed by atoms with van der Waals surface area (Å²) in [6.07, 6.45) is 0. The van der Waals surface area contributed by atoms with Crippen LogP contribution in [0.15, 0.2) is 36.4 Å². The zero-order valence-electron chi connectivity index (χ0n) is 10.4. The highest BCUT2D eigenvalue weighted by Gasteiger charge is 2.18. The number of benzene rings is 2. The molecule has 0 aliphatic carbocycles. The van der Waals surface area contributed by atoms with Gasteiger partial charge in [0.1, 0.15) is 11.4 Å². The highest BCUT2D eigenvalue weighted by Crippen LogP contribution is 2.26. The number of rotatable bonds is 3. The van der Waals surface area contributed by atoms with E-state index in [0.29, 0.717) is 0 Å². The minimum atomic E-state index is -1.28. The molecule has 2 aromatic carbocycles. The van der Waals surface area contributed by atoms with E-state index >= 15 is 0 Å². The van der Waals surface area contributed by atoms with Gasteiger partial charge in [-0.3, -0.25) is 4.79 Å². The molecular formula is C14H8Cl2FNO3. The van der Waals surface area contributed by atoms with Gasteiger partial charge in [-0.15, -0.1) is 0 Å². The summed E-state index contributed by atoms with van der Waals surface area (Å²) in [6.45, 7) is 0. The molecule has 0 aromatic heterocycles. The SMILES string of the molecule is O=C(Nc1cccc(Cl)c1C(=O)O)c1ccc(F)cc1Cl. The molecule has 0 saturated carbocycles. The average molecular weight is 328 g/mol. The number of aromatic carboxylic acids is 1. The standard InChI is InChI=1S/C14H8Cl2FNO3/c15-9-2-1-3-11(12(9)14(20)21)18-13(19)8-5-4-7(17)6-10(8)16/h1-6H,(H,18,19)(H,20,21). The van der Waals surface area contributed by atoms with E-state index in [0.717, 1.165) is 12.1 Å². The largest absolute Gasteiger partial charge is 0.478 e. The molecule has 0 aliphatic heterocycles. The van der Waals surface area contributed by atoms with Crippen molar-refractivity contribution >= 4 is 40.8 Å². The number of hydrogen-bond acceptors (Lipinski definition) is 2. The summed E-state index contributed by atoms with van der Waals surface area (Å²) in [5.41, 5.74) is -0.180. The Labute approximate surface area is 129 Å². The maximum Gasteiger partial charge on any atom is 0.339 e. The lowest BCUT2D eigenvalue weighted by atomic mass is 10.1. The van der Waals surface area contributed by atoms with Crippen LogP contribution in [0.25, 0.3) is 0 Å². The van der Waals surface area contributed by atoms with Crippen LogP contribution in [0.4, 0.5) is 10.1 Å². The zero-order valence-corrected chi connectivity index (χ0v) is 11.9. The van der Waals surface area contributed by atoms with Crippen LogP contribution in [0.5, 0.6) is 0 Å². The molecule has 0 fully saturated rings. The molecule has 108 valence electrons. The lowest BCUT2D eigenvalue weighted by Gasteiger charge is -2.10. The van der Waals surface area contributed by atoms with Crippen LogP contribution in [0.2, 0.25) is 10.0 Å². The summed E-state index contributed by atoms with van der Waals surface area (Å²) in [6, 6.07) is 7.56. The normalized spacial score (nSPS) is 10.2. The number of carbonyl (C=O) groups excluding carboxylic acids is 1. The van der Waals surface area contributed by atoms with Crippen LogP contribution in [-0.4, -0.2) is 17.0 Å². The predicted molar refractivity (Wildman–Crippen MR) is 77.8 cm³/mol. The van der Waals surface area contributed by atoms with Gasteiger partial charge in [0.05, 0.1) is 21.3 Å². The third-order valence-electron chi connectivity index (χ3n) is 2.65. The van der Waals surface area contributed by atoms with E-state index in [-0.39, 0.29) is 26.9 Å². The summed E-state index contributed by atoms with van der Waals surface area (Å²) in [5, 5.41) is 11.4. The average Bonchev–Trinajstić information content (AvgIpc) is 2.37. The maximum absolute atomic E-state index is 12.9. The molecule has 21 heavy (non-hydrogen) atoms. The Kier molecular flexibility index (Phi) is 4.45. The number of halogens is 3. The Bertz CT molecular complexity index is 734. The van der Waals surface area contributed by atoms with Crippen molar-refractivity contribution in [2.45, 2.75) is 0 Å². The molecule has 2 rings (SSSR count). The van der Waals surface area contributed by atoms with E-state index in [4.69, 9.17) is 28.3 Å². The van der Waals surface area contributed by atoms with Crippen molar-refractivity contribution in [3.8, 4) is 0 Å². The Balaban J connectivity index is 2.36. The second-order valence-electron chi connectivity index (χ2n) is 4.05. The first-order valence-corrected chi connectivity index (χ1v) is 6.44. The Hall–Kier alpha value is -2.11. The van der Waals surface area contributed by atoms with E-state index in [1.165, 1.54) is 24.3 Å². The number of nitrogens with one attached hydrogen (secondary N) is 1. The number of carboxylic acid groups (broad SMARTS) is 1. The van der Waals surface area contributed by atoms with Gasteiger partial charge in [-0.25, -0.2) is 9.18 Å². The summed E-state index contributed by atoms with van der Waals surface area (Å²) in [7, 11) is 0. The molecule has 0 aliphatic rings. The molecule has 0 heterocycles. The fourth-order valence-electron chi connectivity index (χ4n) is 1.71. The fourth-order valence-corrected chi connectivity index (χ4v) is 2.22. The fraction of sp³-hybridized carbons (Fsp3) is 0. The minimum Gasteiger partial charge on any atom is -0.478 e. The van der Waals surface area contributed by atoms with Gasteiger partial charge in [0.15, 0.2) is 0 Å². The van der Waals surface area contributed by atoms with Crippen LogP contribution in [0.1, 0.15) is 20.7 Å². The van der Waals surface area contributed by atoms with E-state index in [9.17, 15) is 14.0 Å². The van der Waals surface area contributed by atoms with Gasteiger partial charge in [0.25, 0.3) is 5.91 Å². The summed E-state index contributed by atoms with van der Waals surface area (Å²) in [4.78, 5) is 23.2. The number of hydrogen-bond donors (Lipinski definition) is 2. The van der Waals surface area contributed by atoms with Gasteiger partial charge in [-0.2, -0.15) is 0 Å². The Morgan fingerprint density at radius 1 is 1.10 bits per heavy atom. The molecule has 1 amide bonds.